The maximum atomic E-state index is 11.8. The van der Waals surface area contributed by atoms with E-state index >= 15 is 0 Å². The van der Waals surface area contributed by atoms with Gasteiger partial charge < -0.3 is 0 Å². The Morgan fingerprint density at radius 1 is 1.38 bits per heavy atom. The van der Waals surface area contributed by atoms with E-state index in [2.05, 4.69) is 9.82 Å². The van der Waals surface area contributed by atoms with Crippen LogP contribution in [0.2, 0.25) is 0 Å². The Labute approximate surface area is 96.9 Å². The molecule has 0 unspecified atom stereocenters. The van der Waals surface area contributed by atoms with Gasteiger partial charge in [-0.1, -0.05) is 13.8 Å². The van der Waals surface area contributed by atoms with Gasteiger partial charge in [-0.05, 0) is 19.8 Å². The summed E-state index contributed by atoms with van der Waals surface area (Å²) in [7, 11) is -3.40. The van der Waals surface area contributed by atoms with Crippen molar-refractivity contribution in [3.05, 3.63) is 12.4 Å². The summed E-state index contributed by atoms with van der Waals surface area (Å²) in [5.74, 6) is 0.287. The van der Waals surface area contributed by atoms with Crippen molar-refractivity contribution < 1.29 is 8.42 Å². The van der Waals surface area contributed by atoms with Gasteiger partial charge in [-0.15, -0.1) is 0 Å². The summed E-state index contributed by atoms with van der Waals surface area (Å²) in [6.07, 6.45) is 2.93. The van der Waals surface area contributed by atoms with Crippen molar-refractivity contribution in [1.82, 2.24) is 14.5 Å². The van der Waals surface area contributed by atoms with Crippen molar-refractivity contribution in [3.63, 3.8) is 0 Å². The molecule has 1 aromatic heterocycles. The molecule has 5 nitrogen and oxygen atoms in total. The van der Waals surface area contributed by atoms with Crippen LogP contribution in [0.5, 0.6) is 0 Å². The van der Waals surface area contributed by atoms with Crippen LogP contribution in [0.15, 0.2) is 17.3 Å². The zero-order valence-electron chi connectivity index (χ0n) is 10.1. The van der Waals surface area contributed by atoms with Crippen molar-refractivity contribution in [1.29, 1.82) is 0 Å². The molecule has 6 heteroatoms. The monoisotopic (exact) mass is 245 g/mol. The standard InChI is InChI=1S/C10H19N3O2S/c1-8(2)5-12-16(14,15)10-6-11-13(7-10)9(3)4/h6-9,12H,5H2,1-4H3. The number of sulfonamides is 1. The SMILES string of the molecule is CC(C)CNS(=O)(=O)c1cnn(C(C)C)c1. The molecule has 0 spiro atoms. The zero-order valence-corrected chi connectivity index (χ0v) is 11.0. The quantitative estimate of drug-likeness (QED) is 0.852. The number of nitrogens with zero attached hydrogens (tertiary/aromatic N) is 2. The fraction of sp³-hybridized carbons (Fsp3) is 0.700. The van der Waals surface area contributed by atoms with E-state index in [1.54, 1.807) is 10.9 Å². The fourth-order valence-electron chi connectivity index (χ4n) is 1.10. The summed E-state index contributed by atoms with van der Waals surface area (Å²) in [5, 5.41) is 4.01. The molecule has 0 bridgehead atoms. The largest absolute Gasteiger partial charge is 0.269 e. The molecular weight excluding hydrogens is 226 g/mol. The molecule has 1 heterocycles. The minimum absolute atomic E-state index is 0.161. The summed E-state index contributed by atoms with van der Waals surface area (Å²) in [5.41, 5.74) is 0. The minimum Gasteiger partial charge on any atom is -0.269 e. The number of aromatic nitrogens is 2. The molecule has 0 amide bonds. The lowest BCUT2D eigenvalue weighted by atomic mass is 10.2. The number of nitrogens with one attached hydrogen (secondary N) is 1. The van der Waals surface area contributed by atoms with E-state index < -0.39 is 10.0 Å². The predicted molar refractivity (Wildman–Crippen MR) is 62.6 cm³/mol. The molecule has 1 N–H and O–H groups in total. The van der Waals surface area contributed by atoms with Crippen LogP contribution in [0.25, 0.3) is 0 Å². The van der Waals surface area contributed by atoms with Crippen LogP contribution in [0, 0.1) is 5.92 Å². The molecule has 0 saturated heterocycles. The third-order valence-corrected chi connectivity index (χ3v) is 3.48. The molecule has 0 aliphatic rings. The highest BCUT2D eigenvalue weighted by Gasteiger charge is 2.16. The Hall–Kier alpha value is -0.880. The van der Waals surface area contributed by atoms with Crippen LogP contribution in [-0.2, 0) is 10.0 Å². The van der Waals surface area contributed by atoms with Crippen LogP contribution in [-0.4, -0.2) is 24.7 Å². The van der Waals surface area contributed by atoms with Crippen LogP contribution in [0.4, 0.5) is 0 Å². The van der Waals surface area contributed by atoms with Gasteiger partial charge in [0.25, 0.3) is 0 Å². The lowest BCUT2D eigenvalue weighted by molar-refractivity contribution is 0.530. The Morgan fingerprint density at radius 3 is 2.44 bits per heavy atom. The average molecular weight is 245 g/mol. The molecule has 92 valence electrons. The summed E-state index contributed by atoms with van der Waals surface area (Å²) in [6.45, 7) is 8.26. The Kier molecular flexibility index (Phi) is 4.09. The second-order valence-corrected chi connectivity index (χ2v) is 6.26. The first-order chi connectivity index (χ1) is 7.33. The van der Waals surface area contributed by atoms with Gasteiger partial charge in [0.1, 0.15) is 4.90 Å². The Morgan fingerprint density at radius 2 is 2.00 bits per heavy atom. The molecule has 0 aromatic carbocycles. The zero-order chi connectivity index (χ0) is 12.3. The van der Waals surface area contributed by atoms with Crippen LogP contribution < -0.4 is 4.72 Å². The maximum Gasteiger partial charge on any atom is 0.243 e. The minimum atomic E-state index is -3.40. The summed E-state index contributed by atoms with van der Waals surface area (Å²) in [6, 6.07) is 0.161. The van der Waals surface area contributed by atoms with Crippen LogP contribution in [0.3, 0.4) is 0 Å². The summed E-state index contributed by atoms with van der Waals surface area (Å²) >= 11 is 0. The lowest BCUT2D eigenvalue weighted by Gasteiger charge is -2.07. The third kappa shape index (κ3) is 3.31. The van der Waals surface area contributed by atoms with E-state index in [1.807, 2.05) is 27.7 Å². The maximum absolute atomic E-state index is 11.8. The average Bonchev–Trinajstić information content (AvgIpc) is 2.64. The molecule has 0 fully saturated rings. The molecule has 1 rings (SSSR count). The Balaban J connectivity index is 2.82. The highest BCUT2D eigenvalue weighted by molar-refractivity contribution is 7.89. The summed E-state index contributed by atoms with van der Waals surface area (Å²) in [4.78, 5) is 0.224. The molecule has 0 aliphatic carbocycles. The highest BCUT2D eigenvalue weighted by Crippen LogP contribution is 2.10. The van der Waals surface area contributed by atoms with Crippen LogP contribution >= 0.6 is 0 Å². The van der Waals surface area contributed by atoms with E-state index in [9.17, 15) is 8.42 Å². The van der Waals surface area contributed by atoms with Gasteiger partial charge in [-0.3, -0.25) is 4.68 Å². The Bertz CT molecular complexity index is 435. The van der Waals surface area contributed by atoms with E-state index in [-0.39, 0.29) is 16.9 Å². The van der Waals surface area contributed by atoms with Crippen molar-refractivity contribution >= 4 is 10.0 Å². The molecule has 16 heavy (non-hydrogen) atoms. The second kappa shape index (κ2) is 4.97. The van der Waals surface area contributed by atoms with Gasteiger partial charge in [0.2, 0.25) is 10.0 Å². The van der Waals surface area contributed by atoms with E-state index in [4.69, 9.17) is 0 Å². The molecule has 0 atom stereocenters. The molecule has 0 saturated carbocycles. The van der Waals surface area contributed by atoms with Gasteiger partial charge >= 0.3 is 0 Å². The van der Waals surface area contributed by atoms with Gasteiger partial charge in [0, 0.05) is 18.8 Å². The van der Waals surface area contributed by atoms with Crippen molar-refractivity contribution in [2.75, 3.05) is 6.54 Å². The first-order valence-corrected chi connectivity index (χ1v) is 6.85. The van der Waals surface area contributed by atoms with Crippen molar-refractivity contribution in [2.24, 2.45) is 5.92 Å². The first-order valence-electron chi connectivity index (χ1n) is 5.36. The topological polar surface area (TPSA) is 64.0 Å². The van der Waals surface area contributed by atoms with Gasteiger partial charge in [-0.25, -0.2) is 13.1 Å². The predicted octanol–water partition coefficient (Wildman–Crippen LogP) is 1.40. The smallest absolute Gasteiger partial charge is 0.243 e. The van der Waals surface area contributed by atoms with Gasteiger partial charge in [-0.2, -0.15) is 5.10 Å². The molecule has 0 radical (unpaired) electrons. The molecular formula is C10H19N3O2S. The molecule has 0 aliphatic heterocycles. The normalized spacial score (nSPS) is 12.6. The first kappa shape index (κ1) is 13.2. The number of hydrogen-bond acceptors (Lipinski definition) is 3. The lowest BCUT2D eigenvalue weighted by Crippen LogP contribution is -2.27. The van der Waals surface area contributed by atoms with E-state index in [1.165, 1.54) is 6.20 Å². The second-order valence-electron chi connectivity index (χ2n) is 4.50. The van der Waals surface area contributed by atoms with Crippen molar-refractivity contribution in [3.8, 4) is 0 Å². The van der Waals surface area contributed by atoms with Crippen LogP contribution in [0.1, 0.15) is 33.7 Å². The number of hydrogen-bond donors (Lipinski definition) is 1. The van der Waals surface area contributed by atoms with Gasteiger partial charge in [0.05, 0.1) is 6.20 Å². The van der Waals surface area contributed by atoms with Crippen molar-refractivity contribution in [2.45, 2.75) is 38.6 Å². The number of rotatable bonds is 5. The summed E-state index contributed by atoms with van der Waals surface area (Å²) < 4.78 is 27.8. The fourth-order valence-corrected chi connectivity index (χ4v) is 2.25. The third-order valence-electron chi connectivity index (χ3n) is 2.10. The van der Waals surface area contributed by atoms with E-state index in [0.29, 0.717) is 6.54 Å². The van der Waals surface area contributed by atoms with E-state index in [0.717, 1.165) is 0 Å². The molecule has 1 aromatic rings. The highest BCUT2D eigenvalue weighted by atomic mass is 32.2. The van der Waals surface area contributed by atoms with Gasteiger partial charge in [0.15, 0.2) is 0 Å².